The molecular formula is C17H35NO4. The number of aliphatic hydroxyl groups is 4. The average molecular weight is 317 g/mol. The summed E-state index contributed by atoms with van der Waals surface area (Å²) in [5, 5.41) is 41.9. The van der Waals surface area contributed by atoms with Crippen LogP contribution in [0.5, 0.6) is 0 Å². The van der Waals surface area contributed by atoms with Crippen LogP contribution in [-0.2, 0) is 0 Å². The fourth-order valence-corrected chi connectivity index (χ4v) is 3.28. The summed E-state index contributed by atoms with van der Waals surface area (Å²) in [5.74, 6) is 0. The molecule has 0 aromatic heterocycles. The van der Waals surface area contributed by atoms with Crippen molar-refractivity contribution >= 4 is 0 Å². The molecule has 5 heteroatoms. The van der Waals surface area contributed by atoms with E-state index in [1.807, 2.05) is 0 Å². The third kappa shape index (κ3) is 7.38. The summed E-state index contributed by atoms with van der Waals surface area (Å²) in [4.78, 5) is 0. The highest BCUT2D eigenvalue weighted by molar-refractivity contribution is 4.92. The highest BCUT2D eigenvalue weighted by atomic mass is 16.3. The normalized spacial score (nSPS) is 30.4. The van der Waals surface area contributed by atoms with Gasteiger partial charge in [-0.3, -0.25) is 0 Å². The van der Waals surface area contributed by atoms with Crippen molar-refractivity contribution in [1.29, 1.82) is 0 Å². The van der Waals surface area contributed by atoms with Gasteiger partial charge in [0.15, 0.2) is 0 Å². The lowest BCUT2D eigenvalue weighted by atomic mass is 9.89. The first kappa shape index (κ1) is 19.8. The van der Waals surface area contributed by atoms with E-state index >= 15 is 0 Å². The number of unbranched alkanes of at least 4 members (excludes halogenated alkanes) is 6. The maximum Gasteiger partial charge on any atom is 0.0974 e. The Morgan fingerprint density at radius 3 is 2.32 bits per heavy atom. The molecule has 0 aromatic carbocycles. The van der Waals surface area contributed by atoms with E-state index in [-0.39, 0.29) is 18.8 Å². The van der Waals surface area contributed by atoms with Crippen molar-refractivity contribution in [3.63, 3.8) is 0 Å². The topological polar surface area (TPSA) is 93.0 Å². The molecule has 0 radical (unpaired) electrons. The van der Waals surface area contributed by atoms with Crippen LogP contribution in [0, 0.1) is 0 Å². The fourth-order valence-electron chi connectivity index (χ4n) is 3.28. The van der Waals surface area contributed by atoms with Gasteiger partial charge in [-0.15, -0.1) is 0 Å². The van der Waals surface area contributed by atoms with E-state index in [0.717, 1.165) is 12.8 Å². The molecule has 0 unspecified atom stereocenters. The molecule has 0 amide bonds. The molecule has 1 rings (SSSR count). The van der Waals surface area contributed by atoms with Crippen LogP contribution in [0.25, 0.3) is 0 Å². The lowest BCUT2D eigenvalue weighted by Crippen LogP contribution is -2.59. The first-order chi connectivity index (χ1) is 10.6. The van der Waals surface area contributed by atoms with Gasteiger partial charge in [-0.25, -0.2) is 0 Å². The van der Waals surface area contributed by atoms with Crippen LogP contribution < -0.4 is 5.32 Å². The summed E-state index contributed by atoms with van der Waals surface area (Å²) in [6.45, 7) is 2.01. The summed E-state index contributed by atoms with van der Waals surface area (Å²) in [6, 6.07) is -0.547. The number of hydrogen-bond acceptors (Lipinski definition) is 5. The van der Waals surface area contributed by atoms with Gasteiger partial charge >= 0.3 is 0 Å². The minimum Gasteiger partial charge on any atom is -0.395 e. The van der Waals surface area contributed by atoms with Crippen LogP contribution in [0.4, 0.5) is 0 Å². The molecule has 0 aliphatic carbocycles. The Hall–Kier alpha value is -0.200. The van der Waals surface area contributed by atoms with E-state index in [1.54, 1.807) is 0 Å². The Morgan fingerprint density at radius 1 is 1.05 bits per heavy atom. The molecular weight excluding hydrogens is 282 g/mol. The predicted molar refractivity (Wildman–Crippen MR) is 87.7 cm³/mol. The molecule has 0 spiro atoms. The molecule has 0 bridgehead atoms. The largest absolute Gasteiger partial charge is 0.395 e. The number of piperidine rings is 1. The second kappa shape index (κ2) is 11.4. The summed E-state index contributed by atoms with van der Waals surface area (Å²) in [5.41, 5.74) is 0. The summed E-state index contributed by atoms with van der Waals surface area (Å²) >= 11 is 0. The van der Waals surface area contributed by atoms with Crippen molar-refractivity contribution < 1.29 is 20.4 Å². The maximum absolute atomic E-state index is 10.1. The van der Waals surface area contributed by atoms with E-state index in [4.69, 9.17) is 0 Å². The molecule has 5 nitrogen and oxygen atoms in total. The van der Waals surface area contributed by atoms with Gasteiger partial charge in [0.1, 0.15) is 0 Å². The molecule has 0 saturated carbocycles. The van der Waals surface area contributed by atoms with Gasteiger partial charge in [0, 0.05) is 6.04 Å². The SMILES string of the molecule is CCCCCCCCC[C@@H](O)C[C@@H]1C[C@@H](O)[C@H](O)[C@H](CO)N1. The van der Waals surface area contributed by atoms with Gasteiger partial charge in [-0.05, 0) is 19.3 Å². The van der Waals surface area contributed by atoms with Crippen molar-refractivity contribution in [1.82, 2.24) is 5.32 Å². The standard InChI is InChI=1S/C17H35NO4/c1-2-3-4-5-6-7-8-9-14(20)10-13-11-16(21)17(22)15(12-19)18-13/h13-22H,2-12H2,1H3/t13-,14-,15+,16-,17-/m1/s1. The highest BCUT2D eigenvalue weighted by Gasteiger charge is 2.35. The van der Waals surface area contributed by atoms with Crippen LogP contribution in [0.1, 0.15) is 71.1 Å². The van der Waals surface area contributed by atoms with Crippen LogP contribution in [0.2, 0.25) is 0 Å². The van der Waals surface area contributed by atoms with E-state index in [1.165, 1.54) is 38.5 Å². The van der Waals surface area contributed by atoms with Gasteiger partial charge in [0.25, 0.3) is 0 Å². The Morgan fingerprint density at radius 2 is 1.68 bits per heavy atom. The van der Waals surface area contributed by atoms with Crippen molar-refractivity contribution in [3.8, 4) is 0 Å². The lowest BCUT2D eigenvalue weighted by molar-refractivity contribution is -0.0559. The fraction of sp³-hybridized carbons (Fsp3) is 1.00. The monoisotopic (exact) mass is 317 g/mol. The van der Waals surface area contributed by atoms with Crippen LogP contribution in [0.3, 0.4) is 0 Å². The van der Waals surface area contributed by atoms with Gasteiger partial charge in [-0.2, -0.15) is 0 Å². The van der Waals surface area contributed by atoms with E-state index in [0.29, 0.717) is 12.8 Å². The molecule has 1 heterocycles. The molecule has 22 heavy (non-hydrogen) atoms. The van der Waals surface area contributed by atoms with Crippen molar-refractivity contribution in [2.24, 2.45) is 0 Å². The number of rotatable bonds is 11. The molecule has 1 saturated heterocycles. The second-order valence-corrected chi connectivity index (χ2v) is 6.75. The third-order valence-corrected chi connectivity index (χ3v) is 4.68. The Bertz CT molecular complexity index is 277. The zero-order valence-corrected chi connectivity index (χ0v) is 14.0. The van der Waals surface area contributed by atoms with Crippen molar-refractivity contribution in [2.45, 2.75) is 102 Å². The second-order valence-electron chi connectivity index (χ2n) is 6.75. The number of hydrogen-bond donors (Lipinski definition) is 5. The highest BCUT2D eigenvalue weighted by Crippen LogP contribution is 2.20. The molecule has 1 fully saturated rings. The predicted octanol–water partition coefficient (Wildman–Crippen LogP) is 1.32. The number of nitrogens with one attached hydrogen (secondary N) is 1. The van der Waals surface area contributed by atoms with Crippen LogP contribution in [-0.4, -0.2) is 57.4 Å². The van der Waals surface area contributed by atoms with Gasteiger partial charge < -0.3 is 25.7 Å². The van der Waals surface area contributed by atoms with Gasteiger partial charge in [-0.1, -0.05) is 51.9 Å². The van der Waals surface area contributed by atoms with Crippen LogP contribution in [0.15, 0.2) is 0 Å². The third-order valence-electron chi connectivity index (χ3n) is 4.68. The molecule has 5 atom stereocenters. The smallest absolute Gasteiger partial charge is 0.0974 e. The average Bonchev–Trinajstić information content (AvgIpc) is 2.49. The summed E-state index contributed by atoms with van der Waals surface area (Å²) in [7, 11) is 0. The first-order valence-electron chi connectivity index (χ1n) is 8.99. The first-order valence-corrected chi connectivity index (χ1v) is 8.99. The van der Waals surface area contributed by atoms with Gasteiger partial charge in [0.2, 0.25) is 0 Å². The number of aliphatic hydroxyl groups excluding tert-OH is 4. The Kier molecular flexibility index (Phi) is 10.2. The van der Waals surface area contributed by atoms with E-state index in [9.17, 15) is 20.4 Å². The Balaban J connectivity index is 2.12. The summed E-state index contributed by atoms with van der Waals surface area (Å²) in [6.07, 6.45) is 8.27. The molecule has 5 N–H and O–H groups in total. The molecule has 1 aliphatic rings. The molecule has 132 valence electrons. The zero-order valence-electron chi connectivity index (χ0n) is 14.0. The van der Waals surface area contributed by atoms with Crippen LogP contribution >= 0.6 is 0 Å². The van der Waals surface area contributed by atoms with E-state index in [2.05, 4.69) is 12.2 Å². The maximum atomic E-state index is 10.1. The molecule has 0 aromatic rings. The minimum atomic E-state index is -0.929. The van der Waals surface area contributed by atoms with Crippen molar-refractivity contribution in [2.75, 3.05) is 6.61 Å². The minimum absolute atomic E-state index is 0.0462. The lowest BCUT2D eigenvalue weighted by Gasteiger charge is -2.38. The van der Waals surface area contributed by atoms with Gasteiger partial charge in [0.05, 0.1) is 31.0 Å². The van der Waals surface area contributed by atoms with E-state index < -0.39 is 18.2 Å². The Labute approximate surface area is 134 Å². The summed E-state index contributed by atoms with van der Waals surface area (Å²) < 4.78 is 0. The van der Waals surface area contributed by atoms with Crippen molar-refractivity contribution in [3.05, 3.63) is 0 Å². The zero-order chi connectivity index (χ0) is 16.4. The molecule has 1 aliphatic heterocycles. The quantitative estimate of drug-likeness (QED) is 0.371.